The van der Waals surface area contributed by atoms with Crippen molar-refractivity contribution in [3.05, 3.63) is 77.5 Å². The van der Waals surface area contributed by atoms with Crippen LogP contribution in [0.1, 0.15) is 76.5 Å². The van der Waals surface area contributed by atoms with Crippen LogP contribution < -0.4 is 9.80 Å². The first-order valence-corrected chi connectivity index (χ1v) is 12.8. The van der Waals surface area contributed by atoms with Crippen LogP contribution in [0, 0.1) is 0 Å². The average molecular weight is 440 g/mol. The summed E-state index contributed by atoms with van der Waals surface area (Å²) in [6.45, 7) is 9.34. The number of rotatable bonds is 7. The van der Waals surface area contributed by atoms with Gasteiger partial charge in [0.25, 0.3) is 0 Å². The third-order valence-electron chi connectivity index (χ3n) is 7.40. The summed E-state index contributed by atoms with van der Waals surface area (Å²) in [6.07, 6.45) is 10.5. The van der Waals surface area contributed by atoms with Gasteiger partial charge < -0.3 is 9.80 Å². The van der Waals surface area contributed by atoms with Gasteiger partial charge in [0, 0.05) is 17.6 Å². The molecule has 0 fully saturated rings. The highest BCUT2D eigenvalue weighted by atomic mass is 15.4. The number of unbranched alkanes of at least 4 members (excludes halogenated alkanes) is 2. The van der Waals surface area contributed by atoms with E-state index in [2.05, 4.69) is 98.3 Å². The summed E-state index contributed by atoms with van der Waals surface area (Å²) in [4.78, 5) is 10.1. The van der Waals surface area contributed by atoms with E-state index in [-0.39, 0.29) is 11.6 Å². The van der Waals surface area contributed by atoms with Crippen molar-refractivity contribution in [3.8, 4) is 0 Å². The number of hydrogen-bond donors (Lipinski definition) is 0. The molecule has 3 heteroatoms. The predicted molar refractivity (Wildman–Crippen MR) is 140 cm³/mol. The molecule has 172 valence electrons. The second kappa shape index (κ2) is 8.85. The summed E-state index contributed by atoms with van der Waals surface area (Å²) in [7, 11) is 0. The molecule has 0 bridgehead atoms. The molecular weight excluding hydrogens is 402 g/mol. The van der Waals surface area contributed by atoms with E-state index in [1.807, 2.05) is 0 Å². The highest BCUT2D eigenvalue weighted by Gasteiger charge is 2.47. The van der Waals surface area contributed by atoms with Gasteiger partial charge in [0.1, 0.15) is 6.17 Å². The van der Waals surface area contributed by atoms with E-state index in [0.29, 0.717) is 0 Å². The minimum Gasteiger partial charge on any atom is -0.317 e. The van der Waals surface area contributed by atoms with E-state index in [9.17, 15) is 0 Å². The highest BCUT2D eigenvalue weighted by Crippen LogP contribution is 2.55. The van der Waals surface area contributed by atoms with Crippen LogP contribution in [0.25, 0.3) is 0 Å². The van der Waals surface area contributed by atoms with E-state index >= 15 is 0 Å². The number of nitrogens with zero attached hydrogens (tertiary/aromatic N) is 3. The maximum Gasteiger partial charge on any atom is 0.158 e. The molecule has 2 aliphatic heterocycles. The smallest absolute Gasteiger partial charge is 0.158 e. The van der Waals surface area contributed by atoms with Gasteiger partial charge in [-0.15, -0.1) is 0 Å². The fraction of sp³-hybridized carbons (Fsp3) is 0.433. The summed E-state index contributed by atoms with van der Waals surface area (Å²) in [6, 6.07) is 20.5. The summed E-state index contributed by atoms with van der Waals surface area (Å²) in [5.41, 5.74) is 8.21. The van der Waals surface area contributed by atoms with Crippen molar-refractivity contribution < 1.29 is 0 Å². The fourth-order valence-corrected chi connectivity index (χ4v) is 5.59. The van der Waals surface area contributed by atoms with Gasteiger partial charge in [-0.3, -0.25) is 0 Å². The zero-order valence-corrected chi connectivity index (χ0v) is 20.6. The van der Waals surface area contributed by atoms with Gasteiger partial charge in [0.15, 0.2) is 5.82 Å². The first-order valence-electron chi connectivity index (χ1n) is 12.8. The lowest BCUT2D eigenvalue weighted by Crippen LogP contribution is -2.47. The molecule has 3 nitrogen and oxygen atoms in total. The second-order valence-corrected chi connectivity index (χ2v) is 10.4. The van der Waals surface area contributed by atoms with Crippen LogP contribution in [0.15, 0.2) is 60.8 Å². The molecule has 0 aliphatic carbocycles. The molecule has 0 radical (unpaired) electrons. The third kappa shape index (κ3) is 3.92. The molecule has 3 heterocycles. The first-order chi connectivity index (χ1) is 16.0. The maximum atomic E-state index is 5.07. The molecule has 0 saturated carbocycles. The number of para-hydroxylation sites is 1. The van der Waals surface area contributed by atoms with E-state index in [0.717, 1.165) is 25.1 Å². The molecule has 2 aliphatic rings. The van der Waals surface area contributed by atoms with Gasteiger partial charge in [-0.25, -0.2) is 4.98 Å². The van der Waals surface area contributed by atoms with Gasteiger partial charge in [-0.1, -0.05) is 70.9 Å². The van der Waals surface area contributed by atoms with Crippen molar-refractivity contribution in [2.45, 2.75) is 84.2 Å². The molecule has 33 heavy (non-hydrogen) atoms. The highest BCUT2D eigenvalue weighted by molar-refractivity contribution is 5.88. The molecule has 3 aromatic rings. The molecule has 5 rings (SSSR count). The third-order valence-corrected chi connectivity index (χ3v) is 7.40. The van der Waals surface area contributed by atoms with Gasteiger partial charge in [0.2, 0.25) is 0 Å². The lowest BCUT2D eigenvalue weighted by Gasteiger charge is -2.45. The summed E-state index contributed by atoms with van der Waals surface area (Å²) in [5.74, 6) is 1.09. The molecule has 1 aromatic heterocycles. The van der Waals surface area contributed by atoms with Crippen molar-refractivity contribution in [3.63, 3.8) is 0 Å². The number of pyridine rings is 1. The van der Waals surface area contributed by atoms with Crippen LogP contribution >= 0.6 is 0 Å². The standard InChI is InChI=1S/C30H37N3/c1-5-7-12-22-16-17-25-26(18-22)33-27-19-23(13-8-6-2)21-31-29(27)32(24-14-10-9-11-15-24)28(33)20-30(25,3)4/h9-11,14-19,21,28H,5-8,12-13,20H2,1-4H3/t28-/m1/s1. The Morgan fingerprint density at radius 3 is 2.27 bits per heavy atom. The lowest BCUT2D eigenvalue weighted by molar-refractivity contribution is 0.407. The average Bonchev–Trinajstić information content (AvgIpc) is 3.14. The molecule has 0 spiro atoms. The summed E-state index contributed by atoms with van der Waals surface area (Å²) < 4.78 is 0. The molecular formula is C30H37N3. The fourth-order valence-electron chi connectivity index (χ4n) is 5.59. The maximum absolute atomic E-state index is 5.07. The van der Waals surface area contributed by atoms with Crippen LogP contribution in [0.5, 0.6) is 0 Å². The van der Waals surface area contributed by atoms with Crippen molar-refractivity contribution in [2.24, 2.45) is 0 Å². The number of fused-ring (bicyclic) bond motifs is 5. The minimum atomic E-state index is 0.0971. The van der Waals surface area contributed by atoms with Crippen molar-refractivity contribution >= 4 is 22.9 Å². The van der Waals surface area contributed by atoms with Crippen molar-refractivity contribution in [2.75, 3.05) is 9.80 Å². The monoisotopic (exact) mass is 439 g/mol. The number of aromatic nitrogens is 1. The van der Waals surface area contributed by atoms with Gasteiger partial charge >= 0.3 is 0 Å². The molecule has 1 atom stereocenters. The molecule has 2 aromatic carbocycles. The Hall–Kier alpha value is -2.81. The normalized spacial score (nSPS) is 18.1. The Labute approximate surface area is 199 Å². The van der Waals surface area contributed by atoms with E-state index in [1.165, 1.54) is 59.4 Å². The van der Waals surface area contributed by atoms with Crippen molar-refractivity contribution in [1.82, 2.24) is 4.98 Å². The summed E-state index contributed by atoms with van der Waals surface area (Å²) in [5, 5.41) is 0. The minimum absolute atomic E-state index is 0.0971. The number of anilines is 4. The quantitative estimate of drug-likeness (QED) is 0.371. The SMILES string of the molecule is CCCCc1ccc2c(c1)N1c3cc(CCCC)cnc3N(c3ccccc3)[C@H]1CC2(C)C. The molecule has 0 unspecified atom stereocenters. The largest absolute Gasteiger partial charge is 0.317 e. The number of hydrogen-bond acceptors (Lipinski definition) is 3. The second-order valence-electron chi connectivity index (χ2n) is 10.4. The predicted octanol–water partition coefficient (Wildman–Crippen LogP) is 8.06. The van der Waals surface area contributed by atoms with Crippen LogP contribution in [-0.4, -0.2) is 11.1 Å². The van der Waals surface area contributed by atoms with Gasteiger partial charge in [-0.05, 0) is 78.5 Å². The Bertz CT molecular complexity index is 1120. The van der Waals surface area contributed by atoms with E-state index < -0.39 is 0 Å². The Balaban J connectivity index is 1.68. The Kier molecular flexibility index (Phi) is 5.90. The number of benzene rings is 2. The van der Waals surface area contributed by atoms with Crippen LogP contribution in [0.2, 0.25) is 0 Å². The molecule has 0 saturated heterocycles. The van der Waals surface area contributed by atoms with Crippen molar-refractivity contribution in [1.29, 1.82) is 0 Å². The Morgan fingerprint density at radius 1 is 0.848 bits per heavy atom. The topological polar surface area (TPSA) is 19.4 Å². The Morgan fingerprint density at radius 2 is 1.55 bits per heavy atom. The zero-order valence-electron chi connectivity index (χ0n) is 20.6. The van der Waals surface area contributed by atoms with E-state index in [4.69, 9.17) is 4.98 Å². The first kappa shape index (κ1) is 22.0. The van der Waals surface area contributed by atoms with Crippen LogP contribution in [-0.2, 0) is 18.3 Å². The number of aryl methyl sites for hydroxylation is 2. The zero-order chi connectivity index (χ0) is 23.0. The molecule has 0 N–H and O–H groups in total. The van der Waals surface area contributed by atoms with E-state index in [1.54, 1.807) is 0 Å². The molecule has 0 amide bonds. The summed E-state index contributed by atoms with van der Waals surface area (Å²) >= 11 is 0. The lowest BCUT2D eigenvalue weighted by atomic mass is 9.75. The van der Waals surface area contributed by atoms with Gasteiger partial charge in [0.05, 0.1) is 5.69 Å². The van der Waals surface area contributed by atoms with Gasteiger partial charge in [-0.2, -0.15) is 0 Å². The van der Waals surface area contributed by atoms with Crippen LogP contribution in [0.4, 0.5) is 22.9 Å². The van der Waals surface area contributed by atoms with Crippen LogP contribution in [0.3, 0.4) is 0 Å².